The third-order valence-electron chi connectivity index (χ3n) is 5.71. The standard InChI is InChI=1S/C29H22N2O7/c32-21-13-14-24(29(37)38)25(16-21)27(34)31-20-11-7-18(8-12-20)15-17-5-9-19(10-6-17)30-26(33)22-3-1-2-4-23(22)28(35)36/h1-14,16,32H,15H2,(H,30,33)(H,31,34)(H,35,36)(H,37,38). The zero-order valence-electron chi connectivity index (χ0n) is 19.8. The van der Waals surface area contributed by atoms with Crippen LogP contribution in [0.1, 0.15) is 52.6 Å². The molecule has 9 nitrogen and oxygen atoms in total. The summed E-state index contributed by atoms with van der Waals surface area (Å²) in [5.74, 6) is -3.85. The van der Waals surface area contributed by atoms with E-state index in [0.717, 1.165) is 17.2 Å². The Morgan fingerprint density at radius 3 is 1.50 bits per heavy atom. The lowest BCUT2D eigenvalue weighted by Crippen LogP contribution is -2.16. The van der Waals surface area contributed by atoms with Crippen LogP contribution in [-0.4, -0.2) is 39.1 Å². The molecule has 4 rings (SSSR count). The Morgan fingerprint density at radius 2 is 1.00 bits per heavy atom. The monoisotopic (exact) mass is 510 g/mol. The van der Waals surface area contributed by atoms with E-state index in [-0.39, 0.29) is 28.0 Å². The highest BCUT2D eigenvalue weighted by Gasteiger charge is 2.18. The quantitative estimate of drug-likeness (QED) is 0.226. The van der Waals surface area contributed by atoms with E-state index in [1.807, 2.05) is 24.3 Å². The Labute approximate surface area is 217 Å². The Balaban J connectivity index is 1.38. The Hall–Kier alpha value is -5.44. The third-order valence-corrected chi connectivity index (χ3v) is 5.71. The number of phenols is 1. The number of carboxylic acids is 2. The first-order valence-electron chi connectivity index (χ1n) is 11.4. The van der Waals surface area contributed by atoms with Crippen molar-refractivity contribution in [3.8, 4) is 5.75 Å². The van der Waals surface area contributed by atoms with E-state index in [1.54, 1.807) is 36.4 Å². The lowest BCUT2D eigenvalue weighted by atomic mass is 10.0. The van der Waals surface area contributed by atoms with Crippen molar-refractivity contribution >= 4 is 35.1 Å². The summed E-state index contributed by atoms with van der Waals surface area (Å²) >= 11 is 0. The molecule has 0 aromatic heterocycles. The highest BCUT2D eigenvalue weighted by Crippen LogP contribution is 2.21. The SMILES string of the molecule is O=C(O)c1ccccc1C(=O)Nc1ccc(Cc2ccc(NC(=O)c3cc(O)ccc3C(=O)O)cc2)cc1. The van der Waals surface area contributed by atoms with Gasteiger partial charge >= 0.3 is 11.9 Å². The second-order valence-electron chi connectivity index (χ2n) is 8.36. The van der Waals surface area contributed by atoms with Gasteiger partial charge in [-0.15, -0.1) is 0 Å². The van der Waals surface area contributed by atoms with Crippen LogP contribution in [-0.2, 0) is 6.42 Å². The first-order chi connectivity index (χ1) is 18.2. The molecule has 0 aliphatic rings. The molecule has 0 radical (unpaired) electrons. The first kappa shape index (κ1) is 25.6. The lowest BCUT2D eigenvalue weighted by Gasteiger charge is -2.10. The predicted molar refractivity (Wildman–Crippen MR) is 140 cm³/mol. The molecule has 0 heterocycles. The van der Waals surface area contributed by atoms with Crippen molar-refractivity contribution in [3.63, 3.8) is 0 Å². The summed E-state index contributed by atoms with van der Waals surface area (Å²) in [6, 6.07) is 23.6. The number of aromatic hydroxyl groups is 1. The fourth-order valence-electron chi connectivity index (χ4n) is 3.82. The van der Waals surface area contributed by atoms with Crippen molar-refractivity contribution in [2.45, 2.75) is 6.42 Å². The number of carboxylic acid groups (broad SMARTS) is 2. The molecular formula is C29H22N2O7. The summed E-state index contributed by atoms with van der Waals surface area (Å²) in [5, 5.41) is 33.5. The van der Waals surface area contributed by atoms with Crippen LogP contribution in [0.25, 0.3) is 0 Å². The molecule has 0 atom stereocenters. The number of benzene rings is 4. The number of carbonyl (C=O) groups is 4. The minimum atomic E-state index is -1.28. The van der Waals surface area contributed by atoms with E-state index in [9.17, 15) is 34.5 Å². The van der Waals surface area contributed by atoms with Crippen LogP contribution in [0.5, 0.6) is 5.75 Å². The summed E-state index contributed by atoms with van der Waals surface area (Å²) in [4.78, 5) is 47.8. The molecule has 0 bridgehead atoms. The summed E-state index contributed by atoms with van der Waals surface area (Å²) in [6.45, 7) is 0. The van der Waals surface area contributed by atoms with Crippen LogP contribution in [0.3, 0.4) is 0 Å². The maximum absolute atomic E-state index is 12.6. The molecule has 9 heteroatoms. The van der Waals surface area contributed by atoms with Gasteiger partial charge in [-0.3, -0.25) is 9.59 Å². The van der Waals surface area contributed by atoms with Gasteiger partial charge in [-0.25, -0.2) is 9.59 Å². The number of phenolic OH excluding ortho intramolecular Hbond substituents is 1. The van der Waals surface area contributed by atoms with Crippen molar-refractivity contribution in [3.05, 3.63) is 124 Å². The number of hydrogen-bond acceptors (Lipinski definition) is 5. The minimum Gasteiger partial charge on any atom is -0.508 e. The molecule has 0 saturated heterocycles. The van der Waals surface area contributed by atoms with E-state index in [2.05, 4.69) is 10.6 Å². The number of rotatable bonds is 8. The molecule has 0 unspecified atom stereocenters. The smallest absolute Gasteiger partial charge is 0.336 e. The van der Waals surface area contributed by atoms with Crippen LogP contribution in [0.2, 0.25) is 0 Å². The molecule has 4 aromatic carbocycles. The second-order valence-corrected chi connectivity index (χ2v) is 8.36. The van der Waals surface area contributed by atoms with Gasteiger partial charge in [-0.1, -0.05) is 36.4 Å². The molecule has 190 valence electrons. The van der Waals surface area contributed by atoms with Crippen LogP contribution >= 0.6 is 0 Å². The maximum atomic E-state index is 12.6. The number of aromatic carboxylic acids is 2. The zero-order chi connectivity index (χ0) is 27.2. The van der Waals surface area contributed by atoms with Gasteiger partial charge in [0.25, 0.3) is 11.8 Å². The molecule has 0 aliphatic carbocycles. The lowest BCUT2D eigenvalue weighted by molar-refractivity contribution is 0.0683. The maximum Gasteiger partial charge on any atom is 0.336 e. The summed E-state index contributed by atoms with van der Waals surface area (Å²) in [7, 11) is 0. The van der Waals surface area contributed by atoms with Crippen LogP contribution in [0, 0.1) is 0 Å². The Kier molecular flexibility index (Phi) is 7.48. The first-order valence-corrected chi connectivity index (χ1v) is 11.4. The van der Waals surface area contributed by atoms with Gasteiger partial charge in [-0.2, -0.15) is 0 Å². The van der Waals surface area contributed by atoms with E-state index >= 15 is 0 Å². The third kappa shape index (κ3) is 6.03. The van der Waals surface area contributed by atoms with Gasteiger partial charge in [0.1, 0.15) is 5.75 Å². The number of anilines is 2. The summed E-state index contributed by atoms with van der Waals surface area (Å²) in [6.07, 6.45) is 0.569. The van der Waals surface area contributed by atoms with Crippen molar-refractivity contribution in [2.75, 3.05) is 10.6 Å². The minimum absolute atomic E-state index is 0.0690. The van der Waals surface area contributed by atoms with Crippen LogP contribution < -0.4 is 10.6 Å². The van der Waals surface area contributed by atoms with Crippen molar-refractivity contribution in [2.24, 2.45) is 0 Å². The second kappa shape index (κ2) is 11.1. The average molecular weight is 511 g/mol. The molecule has 4 aromatic rings. The van der Waals surface area contributed by atoms with Gasteiger partial charge < -0.3 is 26.0 Å². The van der Waals surface area contributed by atoms with Crippen molar-refractivity contribution < 1.29 is 34.5 Å². The summed E-state index contributed by atoms with van der Waals surface area (Å²) in [5.41, 5.74) is 2.49. The van der Waals surface area contributed by atoms with Gasteiger partial charge in [0.2, 0.25) is 0 Å². The van der Waals surface area contributed by atoms with E-state index in [1.165, 1.54) is 24.3 Å². The van der Waals surface area contributed by atoms with Crippen LogP contribution in [0.4, 0.5) is 11.4 Å². The predicted octanol–water partition coefficient (Wildman–Crippen LogP) is 4.88. The van der Waals surface area contributed by atoms with E-state index in [0.29, 0.717) is 17.8 Å². The molecule has 0 saturated carbocycles. The number of carbonyl (C=O) groups excluding carboxylic acids is 2. The fraction of sp³-hybridized carbons (Fsp3) is 0.0345. The van der Waals surface area contributed by atoms with Gasteiger partial charge in [0.15, 0.2) is 0 Å². The topological polar surface area (TPSA) is 153 Å². The van der Waals surface area contributed by atoms with Gasteiger partial charge in [0, 0.05) is 11.4 Å². The average Bonchev–Trinajstić information content (AvgIpc) is 2.90. The number of hydrogen-bond donors (Lipinski definition) is 5. The fourth-order valence-corrected chi connectivity index (χ4v) is 3.82. The molecule has 5 N–H and O–H groups in total. The van der Waals surface area contributed by atoms with E-state index < -0.39 is 23.8 Å². The Bertz CT molecular complexity index is 1530. The number of amides is 2. The normalized spacial score (nSPS) is 10.4. The highest BCUT2D eigenvalue weighted by atomic mass is 16.4. The number of nitrogens with one attached hydrogen (secondary N) is 2. The highest BCUT2D eigenvalue weighted by molar-refractivity contribution is 6.11. The van der Waals surface area contributed by atoms with Crippen LogP contribution in [0.15, 0.2) is 91.0 Å². The molecule has 2 amide bonds. The summed E-state index contributed by atoms with van der Waals surface area (Å²) < 4.78 is 0. The molecule has 38 heavy (non-hydrogen) atoms. The van der Waals surface area contributed by atoms with Gasteiger partial charge in [-0.05, 0) is 72.1 Å². The zero-order valence-corrected chi connectivity index (χ0v) is 19.8. The van der Waals surface area contributed by atoms with Crippen molar-refractivity contribution in [1.82, 2.24) is 0 Å². The van der Waals surface area contributed by atoms with Gasteiger partial charge in [0.05, 0.1) is 22.3 Å². The van der Waals surface area contributed by atoms with Crippen molar-refractivity contribution in [1.29, 1.82) is 0 Å². The Morgan fingerprint density at radius 1 is 0.553 bits per heavy atom. The molecule has 0 aliphatic heterocycles. The molecule has 0 spiro atoms. The largest absolute Gasteiger partial charge is 0.508 e. The van der Waals surface area contributed by atoms with E-state index in [4.69, 9.17) is 0 Å². The molecular weight excluding hydrogens is 488 g/mol. The molecule has 0 fully saturated rings.